The number of thiophene rings is 1. The molecule has 3 aliphatic rings. The predicted octanol–water partition coefficient (Wildman–Crippen LogP) is 9.99. The van der Waals surface area contributed by atoms with Gasteiger partial charge in [0.25, 0.3) is 0 Å². The third-order valence-corrected chi connectivity index (χ3v) is 10.9. The predicted molar refractivity (Wildman–Crippen MR) is 180 cm³/mol. The highest BCUT2D eigenvalue weighted by Crippen LogP contribution is 2.59. The average molecular weight is 568 g/mol. The number of allylic oxidation sites excluding steroid dienone is 5. The van der Waals surface area contributed by atoms with E-state index in [9.17, 15) is 0 Å². The molecular weight excluding hydrogens is 543 g/mol. The van der Waals surface area contributed by atoms with Crippen molar-refractivity contribution in [1.82, 2.24) is 14.5 Å². The molecule has 0 fully saturated rings. The Hall–Kier alpha value is -5.06. The fraction of sp³-hybridized carbons (Fsp3) is 0.0769. The fourth-order valence-electron chi connectivity index (χ4n) is 7.83. The van der Waals surface area contributed by atoms with Gasteiger partial charge in [-0.05, 0) is 46.0 Å². The monoisotopic (exact) mass is 567 g/mol. The van der Waals surface area contributed by atoms with E-state index in [0.29, 0.717) is 0 Å². The van der Waals surface area contributed by atoms with Gasteiger partial charge in [0, 0.05) is 32.4 Å². The molecule has 0 spiro atoms. The van der Waals surface area contributed by atoms with Crippen LogP contribution in [0.5, 0.6) is 0 Å². The number of benzene rings is 4. The fourth-order valence-corrected chi connectivity index (χ4v) is 8.95. The van der Waals surface area contributed by atoms with Gasteiger partial charge in [-0.25, -0.2) is 9.97 Å². The van der Waals surface area contributed by atoms with E-state index in [1.165, 1.54) is 54.5 Å². The van der Waals surface area contributed by atoms with Gasteiger partial charge in [0.2, 0.25) is 0 Å². The van der Waals surface area contributed by atoms with Gasteiger partial charge in [-0.15, -0.1) is 11.3 Å². The van der Waals surface area contributed by atoms with Gasteiger partial charge < -0.3 is 0 Å². The minimum atomic E-state index is -0.209. The summed E-state index contributed by atoms with van der Waals surface area (Å²) < 4.78 is 4.77. The molecule has 4 heteroatoms. The normalized spacial score (nSPS) is 19.6. The van der Waals surface area contributed by atoms with Crippen molar-refractivity contribution < 1.29 is 0 Å². The Morgan fingerprint density at radius 3 is 2.47 bits per heavy atom. The molecule has 0 aliphatic heterocycles. The quantitative estimate of drug-likeness (QED) is 0.208. The molecule has 0 saturated heterocycles. The second-order valence-corrected chi connectivity index (χ2v) is 13.0. The van der Waals surface area contributed by atoms with Crippen LogP contribution in [0.2, 0.25) is 0 Å². The van der Waals surface area contributed by atoms with Crippen molar-refractivity contribution in [1.29, 1.82) is 0 Å². The molecule has 10 rings (SSSR count). The van der Waals surface area contributed by atoms with E-state index in [4.69, 9.17) is 9.97 Å². The number of nitrogens with zero attached hydrogens (tertiary/aromatic N) is 3. The van der Waals surface area contributed by atoms with Gasteiger partial charge in [0.15, 0.2) is 11.6 Å². The SMILES string of the molecule is CC12C3=CC=CC1C=Cc1c2c2c(cccc2n1-c1nc(-c2ccccc2)nc2c1sc1ccccc12)-c1ccccc13. The van der Waals surface area contributed by atoms with E-state index in [2.05, 4.69) is 133 Å². The molecule has 202 valence electrons. The first-order valence-electron chi connectivity index (χ1n) is 14.8. The standard InChI is InChI=1S/C39H25N3S/c1-39-24-13-9-18-29(39)26-15-6-5-14-25(26)27-17-10-19-30-33(27)34(39)31(22-21-24)42(30)38-36-35(28-16-7-8-20-32(28)43-36)40-37(41-38)23-11-3-2-4-12-23/h2-22,24H,1H3. The second kappa shape index (κ2) is 8.27. The Labute approximate surface area is 252 Å². The Balaban J connectivity index is 1.41. The Bertz CT molecular complexity index is 2420. The van der Waals surface area contributed by atoms with Crippen LogP contribution < -0.4 is 0 Å². The maximum Gasteiger partial charge on any atom is 0.162 e. The largest absolute Gasteiger partial charge is 0.293 e. The van der Waals surface area contributed by atoms with Crippen molar-refractivity contribution in [2.24, 2.45) is 5.92 Å². The molecule has 7 aromatic rings. The first-order valence-corrected chi connectivity index (χ1v) is 15.6. The first kappa shape index (κ1) is 23.5. The first-order chi connectivity index (χ1) is 21.2. The molecule has 3 aliphatic carbocycles. The van der Waals surface area contributed by atoms with Gasteiger partial charge >= 0.3 is 0 Å². The van der Waals surface area contributed by atoms with Crippen LogP contribution in [0, 0.1) is 5.92 Å². The zero-order valence-electron chi connectivity index (χ0n) is 23.5. The molecule has 0 saturated carbocycles. The van der Waals surface area contributed by atoms with Crippen molar-refractivity contribution in [2.75, 3.05) is 0 Å². The summed E-state index contributed by atoms with van der Waals surface area (Å²) in [6.07, 6.45) is 11.7. The summed E-state index contributed by atoms with van der Waals surface area (Å²) in [7, 11) is 0. The molecule has 3 nitrogen and oxygen atoms in total. The smallest absolute Gasteiger partial charge is 0.162 e. The Morgan fingerprint density at radius 1 is 0.767 bits per heavy atom. The Kier molecular flexibility index (Phi) is 4.52. The van der Waals surface area contributed by atoms with Gasteiger partial charge in [0.1, 0.15) is 0 Å². The van der Waals surface area contributed by atoms with Crippen LogP contribution in [0.15, 0.2) is 121 Å². The van der Waals surface area contributed by atoms with Crippen LogP contribution in [0.3, 0.4) is 0 Å². The van der Waals surface area contributed by atoms with Gasteiger partial charge in [-0.3, -0.25) is 4.57 Å². The number of rotatable bonds is 2. The third-order valence-electron chi connectivity index (χ3n) is 9.77. The highest BCUT2D eigenvalue weighted by Gasteiger charge is 2.47. The van der Waals surface area contributed by atoms with Crippen LogP contribution in [0.25, 0.3) is 71.2 Å². The summed E-state index contributed by atoms with van der Waals surface area (Å²) in [5.74, 6) is 1.97. The molecule has 43 heavy (non-hydrogen) atoms. The lowest BCUT2D eigenvalue weighted by Crippen LogP contribution is -2.35. The molecule has 3 aromatic heterocycles. The second-order valence-electron chi connectivity index (χ2n) is 11.9. The van der Waals surface area contributed by atoms with Crippen LogP contribution in [-0.4, -0.2) is 14.5 Å². The van der Waals surface area contributed by atoms with E-state index < -0.39 is 0 Å². The minimum Gasteiger partial charge on any atom is -0.293 e. The van der Waals surface area contributed by atoms with Crippen LogP contribution in [0.4, 0.5) is 0 Å². The van der Waals surface area contributed by atoms with Crippen molar-refractivity contribution in [2.45, 2.75) is 12.3 Å². The topological polar surface area (TPSA) is 30.7 Å². The molecular formula is C39H25N3S. The Morgan fingerprint density at radius 2 is 1.56 bits per heavy atom. The molecule has 0 N–H and O–H groups in total. The number of hydrogen-bond acceptors (Lipinski definition) is 3. The molecule has 2 unspecified atom stereocenters. The molecule has 0 radical (unpaired) electrons. The minimum absolute atomic E-state index is 0.209. The van der Waals surface area contributed by atoms with Gasteiger partial charge in [-0.2, -0.15) is 0 Å². The van der Waals surface area contributed by atoms with Crippen LogP contribution >= 0.6 is 11.3 Å². The number of hydrogen-bond donors (Lipinski definition) is 0. The molecule has 2 atom stereocenters. The number of aromatic nitrogens is 3. The van der Waals surface area contributed by atoms with E-state index in [1.807, 2.05) is 6.07 Å². The third kappa shape index (κ3) is 2.94. The van der Waals surface area contributed by atoms with E-state index in [1.54, 1.807) is 11.3 Å². The average Bonchev–Trinajstić information content (AvgIpc) is 3.58. The molecule has 0 bridgehead atoms. The molecule has 3 heterocycles. The zero-order valence-corrected chi connectivity index (χ0v) is 24.3. The van der Waals surface area contributed by atoms with E-state index in [0.717, 1.165) is 27.4 Å². The van der Waals surface area contributed by atoms with Gasteiger partial charge in [-0.1, -0.05) is 116 Å². The van der Waals surface area contributed by atoms with E-state index >= 15 is 0 Å². The zero-order chi connectivity index (χ0) is 28.3. The highest BCUT2D eigenvalue weighted by molar-refractivity contribution is 7.26. The lowest BCUT2D eigenvalue weighted by molar-refractivity contribution is 0.514. The van der Waals surface area contributed by atoms with Crippen molar-refractivity contribution in [3.63, 3.8) is 0 Å². The lowest BCUT2D eigenvalue weighted by atomic mass is 9.61. The lowest BCUT2D eigenvalue weighted by Gasteiger charge is -2.41. The van der Waals surface area contributed by atoms with Gasteiger partial charge in [0.05, 0.1) is 21.4 Å². The highest BCUT2D eigenvalue weighted by atomic mass is 32.1. The summed E-state index contributed by atoms with van der Waals surface area (Å²) in [4.78, 5) is 10.6. The summed E-state index contributed by atoms with van der Waals surface area (Å²) in [5, 5.41) is 2.50. The van der Waals surface area contributed by atoms with Crippen molar-refractivity contribution >= 4 is 54.2 Å². The number of fused-ring (bicyclic) bond motifs is 6. The maximum atomic E-state index is 5.40. The van der Waals surface area contributed by atoms with Crippen LogP contribution in [0.1, 0.15) is 23.7 Å². The van der Waals surface area contributed by atoms with E-state index in [-0.39, 0.29) is 11.3 Å². The van der Waals surface area contributed by atoms with Crippen molar-refractivity contribution in [3.8, 4) is 28.3 Å². The summed E-state index contributed by atoms with van der Waals surface area (Å²) in [6.45, 7) is 2.45. The summed E-state index contributed by atoms with van der Waals surface area (Å²) in [6, 6.07) is 34.7. The maximum absolute atomic E-state index is 5.40. The molecule has 0 amide bonds. The molecule has 4 aromatic carbocycles. The summed E-state index contributed by atoms with van der Waals surface area (Å²) >= 11 is 1.79. The van der Waals surface area contributed by atoms with Crippen molar-refractivity contribution in [3.05, 3.63) is 138 Å². The van der Waals surface area contributed by atoms with Crippen LogP contribution in [-0.2, 0) is 5.41 Å². The summed E-state index contributed by atoms with van der Waals surface area (Å²) in [5.41, 5.74) is 10.9.